The highest BCUT2D eigenvalue weighted by molar-refractivity contribution is 7.86. The van der Waals surface area contributed by atoms with E-state index < -0.39 is 21.8 Å². The molecule has 0 saturated heterocycles. The van der Waals surface area contributed by atoms with E-state index in [2.05, 4.69) is 17.2 Å². The second-order valence-electron chi connectivity index (χ2n) is 4.67. The molecular formula is C15H14N2O5S. The average Bonchev–Trinajstić information content (AvgIpc) is 2.47. The zero-order valence-corrected chi connectivity index (χ0v) is 12.8. The van der Waals surface area contributed by atoms with Crippen LogP contribution in [0.3, 0.4) is 0 Å². The van der Waals surface area contributed by atoms with E-state index in [1.807, 2.05) is 0 Å². The Morgan fingerprint density at radius 3 is 2.04 bits per heavy atom. The van der Waals surface area contributed by atoms with Crippen LogP contribution in [0.4, 0.5) is 11.4 Å². The molecule has 0 bridgehead atoms. The first-order chi connectivity index (χ1) is 10.8. The van der Waals surface area contributed by atoms with E-state index in [4.69, 9.17) is 4.55 Å². The Morgan fingerprint density at radius 2 is 1.57 bits per heavy atom. The number of nitrogens with one attached hydrogen (secondary N) is 2. The van der Waals surface area contributed by atoms with Gasteiger partial charge in [0.1, 0.15) is 0 Å². The summed E-state index contributed by atoms with van der Waals surface area (Å²) in [5.74, 6) is -2.27. The Morgan fingerprint density at radius 1 is 1.04 bits per heavy atom. The molecule has 0 fully saturated rings. The van der Waals surface area contributed by atoms with Gasteiger partial charge in [-0.3, -0.25) is 14.1 Å². The molecular weight excluding hydrogens is 320 g/mol. The lowest BCUT2D eigenvalue weighted by atomic mass is 10.1. The van der Waals surface area contributed by atoms with Crippen molar-refractivity contribution in [2.75, 3.05) is 16.4 Å². The number of benzene rings is 2. The van der Waals surface area contributed by atoms with Gasteiger partial charge in [0.15, 0.2) is 5.75 Å². The van der Waals surface area contributed by atoms with E-state index in [0.717, 1.165) is 6.08 Å². The van der Waals surface area contributed by atoms with Crippen LogP contribution in [-0.4, -0.2) is 30.5 Å². The smallest absolute Gasteiger partial charge is 0.274 e. The summed E-state index contributed by atoms with van der Waals surface area (Å²) < 4.78 is 30.2. The minimum atomic E-state index is -4.40. The fraction of sp³-hybridized carbons (Fsp3) is 0.0667. The second kappa shape index (κ2) is 6.59. The molecule has 2 rings (SSSR count). The van der Waals surface area contributed by atoms with E-state index in [0.29, 0.717) is 22.1 Å². The molecule has 3 N–H and O–H groups in total. The van der Waals surface area contributed by atoms with Crippen molar-refractivity contribution in [2.45, 2.75) is 0 Å². The number of carbonyl (C=O) groups is 2. The van der Waals surface area contributed by atoms with Crippen molar-refractivity contribution in [2.24, 2.45) is 0 Å². The standard InChI is InChI=1S/C15H14N2O5S/c1-2-14(18)16-12-7-8-13(11-6-4-3-5-10(11)12)17-15(19)9-23(20,21)22/h2-8H,1,9H2,(H,16,18)(H,17,19)(H,20,21,22). The van der Waals surface area contributed by atoms with E-state index in [1.165, 1.54) is 6.07 Å². The van der Waals surface area contributed by atoms with Crippen molar-refractivity contribution < 1.29 is 22.6 Å². The van der Waals surface area contributed by atoms with Gasteiger partial charge in [0, 0.05) is 22.1 Å². The monoisotopic (exact) mass is 334 g/mol. The van der Waals surface area contributed by atoms with Crippen molar-refractivity contribution in [3.63, 3.8) is 0 Å². The van der Waals surface area contributed by atoms with Gasteiger partial charge in [0.25, 0.3) is 10.1 Å². The van der Waals surface area contributed by atoms with Crippen molar-refractivity contribution in [3.8, 4) is 0 Å². The molecule has 0 aromatic heterocycles. The van der Waals surface area contributed by atoms with Crippen molar-refractivity contribution in [1.82, 2.24) is 0 Å². The summed E-state index contributed by atoms with van der Waals surface area (Å²) >= 11 is 0. The van der Waals surface area contributed by atoms with Gasteiger partial charge in [-0.25, -0.2) is 0 Å². The van der Waals surface area contributed by atoms with Gasteiger partial charge >= 0.3 is 0 Å². The lowest BCUT2D eigenvalue weighted by Gasteiger charge is -2.12. The zero-order valence-electron chi connectivity index (χ0n) is 11.9. The molecule has 0 saturated carbocycles. The number of anilines is 2. The minimum Gasteiger partial charge on any atom is -0.325 e. The van der Waals surface area contributed by atoms with E-state index >= 15 is 0 Å². The van der Waals surface area contributed by atoms with Gasteiger partial charge < -0.3 is 10.6 Å². The van der Waals surface area contributed by atoms with Crippen molar-refractivity contribution in [3.05, 3.63) is 49.1 Å². The Hall–Kier alpha value is -2.71. The third kappa shape index (κ3) is 4.38. The van der Waals surface area contributed by atoms with Crippen LogP contribution in [0.25, 0.3) is 10.8 Å². The van der Waals surface area contributed by atoms with Crippen LogP contribution in [0.15, 0.2) is 49.1 Å². The molecule has 0 radical (unpaired) electrons. The molecule has 2 aromatic rings. The quantitative estimate of drug-likeness (QED) is 0.570. The highest BCUT2D eigenvalue weighted by Gasteiger charge is 2.15. The number of carbonyl (C=O) groups excluding carboxylic acids is 2. The summed E-state index contributed by atoms with van der Waals surface area (Å²) in [6.45, 7) is 3.38. The van der Waals surface area contributed by atoms with Crippen LogP contribution in [0.5, 0.6) is 0 Å². The fourth-order valence-electron chi connectivity index (χ4n) is 2.05. The van der Waals surface area contributed by atoms with Crippen LogP contribution < -0.4 is 10.6 Å². The highest BCUT2D eigenvalue weighted by Crippen LogP contribution is 2.30. The van der Waals surface area contributed by atoms with Crippen molar-refractivity contribution >= 4 is 44.1 Å². The Bertz CT molecular complexity index is 890. The lowest BCUT2D eigenvalue weighted by molar-refractivity contribution is -0.114. The van der Waals surface area contributed by atoms with Crippen molar-refractivity contribution in [1.29, 1.82) is 0 Å². The predicted octanol–water partition coefficient (Wildman–Crippen LogP) is 1.79. The van der Waals surface area contributed by atoms with Gasteiger partial charge in [-0.2, -0.15) is 8.42 Å². The summed E-state index contributed by atoms with van der Waals surface area (Å²) in [6.07, 6.45) is 1.14. The van der Waals surface area contributed by atoms with Gasteiger partial charge in [-0.1, -0.05) is 30.8 Å². The molecule has 0 spiro atoms. The van der Waals surface area contributed by atoms with Crippen LogP contribution in [-0.2, 0) is 19.7 Å². The maximum absolute atomic E-state index is 11.6. The molecule has 0 unspecified atom stereocenters. The molecule has 0 aliphatic rings. The molecule has 0 atom stereocenters. The molecule has 2 aromatic carbocycles. The van der Waals surface area contributed by atoms with Gasteiger partial charge in [0.2, 0.25) is 11.8 Å². The van der Waals surface area contributed by atoms with Crippen LogP contribution in [0.2, 0.25) is 0 Å². The molecule has 2 amide bonds. The minimum absolute atomic E-state index is 0.367. The molecule has 8 heteroatoms. The highest BCUT2D eigenvalue weighted by atomic mass is 32.2. The van der Waals surface area contributed by atoms with E-state index in [1.54, 1.807) is 30.3 Å². The summed E-state index contributed by atoms with van der Waals surface area (Å²) in [5.41, 5.74) is 0.893. The number of hydrogen-bond acceptors (Lipinski definition) is 4. The van der Waals surface area contributed by atoms with Gasteiger partial charge in [-0.15, -0.1) is 0 Å². The average molecular weight is 334 g/mol. The van der Waals surface area contributed by atoms with Gasteiger partial charge in [0.05, 0.1) is 0 Å². The number of rotatable bonds is 5. The van der Waals surface area contributed by atoms with Crippen LogP contribution in [0, 0.1) is 0 Å². The molecule has 7 nitrogen and oxygen atoms in total. The predicted molar refractivity (Wildman–Crippen MR) is 87.8 cm³/mol. The Kier molecular flexibility index (Phi) is 4.77. The maximum atomic E-state index is 11.6. The van der Waals surface area contributed by atoms with E-state index in [9.17, 15) is 18.0 Å². The summed E-state index contributed by atoms with van der Waals surface area (Å²) in [4.78, 5) is 23.1. The Balaban J connectivity index is 2.39. The SMILES string of the molecule is C=CC(=O)Nc1ccc(NC(=O)CS(=O)(=O)O)c2ccccc12. The van der Waals surface area contributed by atoms with E-state index in [-0.39, 0.29) is 5.91 Å². The van der Waals surface area contributed by atoms with Gasteiger partial charge in [-0.05, 0) is 18.2 Å². The maximum Gasteiger partial charge on any atom is 0.274 e. The fourth-order valence-corrected chi connectivity index (χ4v) is 2.46. The first-order valence-corrected chi connectivity index (χ1v) is 8.11. The third-order valence-electron chi connectivity index (χ3n) is 2.95. The number of fused-ring (bicyclic) bond motifs is 1. The molecule has 0 heterocycles. The third-order valence-corrected chi connectivity index (χ3v) is 3.58. The number of hydrogen-bond donors (Lipinski definition) is 3. The topological polar surface area (TPSA) is 113 Å². The number of amides is 2. The summed E-state index contributed by atoms with van der Waals surface area (Å²) in [6, 6.07) is 10.1. The first-order valence-electron chi connectivity index (χ1n) is 6.50. The zero-order chi connectivity index (χ0) is 17.0. The summed E-state index contributed by atoms with van der Waals surface area (Å²) in [7, 11) is -4.40. The molecule has 0 aliphatic heterocycles. The van der Waals surface area contributed by atoms with Crippen LogP contribution >= 0.6 is 0 Å². The molecule has 120 valence electrons. The largest absolute Gasteiger partial charge is 0.325 e. The lowest BCUT2D eigenvalue weighted by Crippen LogP contribution is -2.22. The second-order valence-corrected chi connectivity index (χ2v) is 6.13. The first kappa shape index (κ1) is 16.7. The van der Waals surface area contributed by atoms with Crippen LogP contribution in [0.1, 0.15) is 0 Å². The molecule has 0 aliphatic carbocycles. The summed E-state index contributed by atoms with van der Waals surface area (Å²) in [5, 5.41) is 6.34. The Labute approximate surface area is 132 Å². The molecule has 23 heavy (non-hydrogen) atoms. The normalized spacial score (nSPS) is 11.0.